The van der Waals surface area contributed by atoms with Crippen LogP contribution < -0.4 is 9.47 Å². The van der Waals surface area contributed by atoms with Gasteiger partial charge in [0, 0.05) is 0 Å². The second kappa shape index (κ2) is 14.0. The van der Waals surface area contributed by atoms with Gasteiger partial charge in [0.15, 0.2) is 0 Å². The van der Waals surface area contributed by atoms with E-state index in [-0.39, 0.29) is 34.5 Å². The van der Waals surface area contributed by atoms with Crippen molar-refractivity contribution < 1.29 is 31.1 Å². The molecule has 0 bridgehead atoms. The van der Waals surface area contributed by atoms with Gasteiger partial charge in [-0.25, -0.2) is 16.8 Å². The Balaban J connectivity index is 2.35. The zero-order valence-corrected chi connectivity index (χ0v) is 22.0. The molecule has 0 aromatic heterocycles. The highest BCUT2D eigenvalue weighted by Crippen LogP contribution is 2.31. The first kappa shape index (κ1) is 28.6. The topological polar surface area (TPSA) is 123 Å². The number of ether oxygens (including phenoxy) is 2. The van der Waals surface area contributed by atoms with Crippen molar-refractivity contribution >= 4 is 24.1 Å². The fourth-order valence-electron chi connectivity index (χ4n) is 3.44. The largest absolute Gasteiger partial charge is 0.504 e. The van der Waals surface area contributed by atoms with Crippen LogP contribution in [-0.2, 0) is 19.7 Å². The summed E-state index contributed by atoms with van der Waals surface area (Å²) in [5, 5.41) is 0. The number of unbranched alkanes of at least 4 members (excludes halogenated alkanes) is 6. The lowest BCUT2D eigenvalue weighted by Crippen LogP contribution is -2.27. The minimum Gasteiger partial charge on any atom is -0.492 e. The van der Waals surface area contributed by atoms with Crippen LogP contribution in [0.5, 0.6) is 11.5 Å². The van der Waals surface area contributed by atoms with Crippen LogP contribution in [0.15, 0.2) is 58.3 Å². The number of sulfone groups is 2. The molecule has 0 aliphatic rings. The number of para-hydroxylation sites is 2. The van der Waals surface area contributed by atoms with E-state index in [0.717, 1.165) is 51.4 Å². The predicted octanol–water partition coefficient (Wildman–Crippen LogP) is 5.44. The number of nitrogens with zero attached hydrogens (tertiary/aromatic N) is 2. The molecule has 0 atom stereocenters. The zero-order valence-electron chi connectivity index (χ0n) is 20.4. The summed E-state index contributed by atoms with van der Waals surface area (Å²) in [4.78, 5) is 1.97. The van der Waals surface area contributed by atoms with Crippen molar-refractivity contribution in [2.75, 3.05) is 13.2 Å². The number of hydrogen-bond donors (Lipinski definition) is 0. The quantitative estimate of drug-likeness (QED) is 0.107. The fraction of sp³-hybridized carbons (Fsp3) is 0.480. The normalized spacial score (nSPS) is 11.6. The Labute approximate surface area is 208 Å². The van der Waals surface area contributed by atoms with Crippen molar-refractivity contribution in [3.8, 4) is 11.5 Å². The van der Waals surface area contributed by atoms with E-state index in [2.05, 4.69) is 18.6 Å². The van der Waals surface area contributed by atoms with Gasteiger partial charge in [-0.05, 0) is 37.1 Å². The van der Waals surface area contributed by atoms with E-state index in [1.165, 1.54) is 36.4 Å². The fourth-order valence-corrected chi connectivity index (χ4v) is 7.03. The van der Waals surface area contributed by atoms with Crippen molar-refractivity contribution in [3.63, 3.8) is 0 Å². The molecular formula is C25H34N2O6S2. The molecule has 0 saturated carbocycles. The highest BCUT2D eigenvalue weighted by Gasteiger charge is 2.46. The van der Waals surface area contributed by atoms with Crippen molar-refractivity contribution in [2.24, 2.45) is 0 Å². The van der Waals surface area contributed by atoms with E-state index < -0.39 is 24.1 Å². The van der Waals surface area contributed by atoms with Crippen LogP contribution in [0.1, 0.15) is 65.2 Å². The van der Waals surface area contributed by atoms with Crippen LogP contribution in [-0.4, -0.2) is 39.2 Å². The average molecular weight is 523 g/mol. The lowest BCUT2D eigenvalue weighted by atomic mass is 10.2. The van der Waals surface area contributed by atoms with Gasteiger partial charge < -0.3 is 15.0 Å². The monoisotopic (exact) mass is 522 g/mol. The highest BCUT2D eigenvalue weighted by molar-refractivity contribution is 8.31. The summed E-state index contributed by atoms with van der Waals surface area (Å²) in [6, 6.07) is 11.4. The molecule has 10 heteroatoms. The average Bonchev–Trinajstić information content (AvgIpc) is 2.84. The molecule has 0 spiro atoms. The molecule has 2 aromatic carbocycles. The Morgan fingerprint density at radius 1 is 0.686 bits per heavy atom. The van der Waals surface area contributed by atoms with E-state index >= 15 is 0 Å². The third-order valence-electron chi connectivity index (χ3n) is 5.33. The van der Waals surface area contributed by atoms with Crippen molar-refractivity contribution in [3.05, 3.63) is 54.1 Å². The van der Waals surface area contributed by atoms with Crippen molar-refractivity contribution in [1.82, 2.24) is 0 Å². The first-order chi connectivity index (χ1) is 16.8. The van der Waals surface area contributed by atoms with Gasteiger partial charge in [-0.1, -0.05) is 76.6 Å². The van der Waals surface area contributed by atoms with Crippen LogP contribution in [0.25, 0.3) is 5.53 Å². The van der Waals surface area contributed by atoms with Gasteiger partial charge in [0.05, 0.1) is 13.2 Å². The standard InChI is InChI=1S/C25H34N2O6S2/c1-3-5-7-13-19-32-21-15-9-11-17-23(21)34(28,29)25(27-26)35(30,31)24-18-12-10-16-22(24)33-20-14-8-6-4-2/h9-12,15-18H,3-8,13-14,19-20H2,1-2H3. The molecule has 0 heterocycles. The predicted molar refractivity (Wildman–Crippen MR) is 135 cm³/mol. The lowest BCUT2D eigenvalue weighted by molar-refractivity contribution is 0.00377. The van der Waals surface area contributed by atoms with Gasteiger partial charge in [-0.3, -0.25) is 0 Å². The molecule has 8 nitrogen and oxygen atoms in total. The molecular weight excluding hydrogens is 488 g/mol. The molecule has 35 heavy (non-hydrogen) atoms. The number of benzene rings is 2. The maximum atomic E-state index is 13.4. The summed E-state index contributed by atoms with van der Waals surface area (Å²) in [5.41, 5.74) is 9.60. The Morgan fingerprint density at radius 3 is 1.46 bits per heavy atom. The molecule has 0 N–H and O–H groups in total. The smallest absolute Gasteiger partial charge is 0.492 e. The molecule has 0 aliphatic heterocycles. The van der Waals surface area contributed by atoms with Crippen LogP contribution in [0, 0.1) is 0 Å². The van der Waals surface area contributed by atoms with Gasteiger partial charge in [0.1, 0.15) is 21.3 Å². The minimum absolute atomic E-state index is 0.000748. The summed E-state index contributed by atoms with van der Waals surface area (Å²) >= 11 is 0. The van der Waals surface area contributed by atoms with Gasteiger partial charge in [-0.15, -0.1) is 4.79 Å². The maximum absolute atomic E-state index is 13.4. The first-order valence-corrected chi connectivity index (χ1v) is 14.9. The first-order valence-electron chi connectivity index (χ1n) is 12.0. The van der Waals surface area contributed by atoms with Crippen molar-refractivity contribution in [2.45, 2.75) is 75.0 Å². The zero-order chi connectivity index (χ0) is 25.7. The molecule has 192 valence electrons. The van der Waals surface area contributed by atoms with Gasteiger partial charge in [0.2, 0.25) is 0 Å². The summed E-state index contributed by atoms with van der Waals surface area (Å²) in [6.45, 7) is 4.71. The Morgan fingerprint density at radius 2 is 1.09 bits per heavy atom. The molecule has 2 rings (SSSR count). The summed E-state index contributed by atoms with van der Waals surface area (Å²) in [7, 11) is -9.51. The van der Waals surface area contributed by atoms with Crippen LogP contribution >= 0.6 is 0 Å². The third-order valence-corrected chi connectivity index (χ3v) is 9.56. The number of hydrogen-bond acceptors (Lipinski definition) is 6. The molecule has 0 aliphatic carbocycles. The highest BCUT2D eigenvalue weighted by atomic mass is 32.3. The molecule has 0 unspecified atom stereocenters. The summed E-state index contributed by atoms with van der Waals surface area (Å²) < 4.78 is 63.5. The molecule has 0 fully saturated rings. The molecule has 2 aromatic rings. The van der Waals surface area contributed by atoms with E-state index in [4.69, 9.17) is 9.47 Å². The number of rotatable bonds is 14. The van der Waals surface area contributed by atoms with E-state index in [9.17, 15) is 22.4 Å². The van der Waals surface area contributed by atoms with E-state index in [1.807, 2.05) is 0 Å². The lowest BCUT2D eigenvalue weighted by Gasteiger charge is -2.12. The summed E-state index contributed by atoms with van der Waals surface area (Å²) in [5.74, 6) is 0.00150. The molecule has 0 saturated heterocycles. The minimum atomic E-state index is -4.75. The Bertz CT molecular complexity index is 1130. The third kappa shape index (κ3) is 7.65. The van der Waals surface area contributed by atoms with E-state index in [0.29, 0.717) is 0 Å². The SMILES string of the molecule is CCCCCCOc1ccccc1S(=O)(=O)C(=[N+]=[N-])S(=O)(=O)c1ccccc1OCCCCCC. The van der Waals surface area contributed by atoms with E-state index in [1.54, 1.807) is 12.1 Å². The van der Waals surface area contributed by atoms with Gasteiger partial charge >= 0.3 is 4.38 Å². The second-order valence-corrected chi connectivity index (χ2v) is 12.0. The second-order valence-electron chi connectivity index (χ2n) is 8.08. The van der Waals surface area contributed by atoms with Crippen LogP contribution in [0.3, 0.4) is 0 Å². The Kier molecular flexibility index (Phi) is 11.4. The van der Waals surface area contributed by atoms with Crippen LogP contribution in [0.2, 0.25) is 0 Å². The van der Waals surface area contributed by atoms with Crippen molar-refractivity contribution in [1.29, 1.82) is 0 Å². The summed E-state index contributed by atoms with van der Waals surface area (Å²) in [6.07, 6.45) is 7.46. The molecule has 0 radical (unpaired) electrons. The van der Waals surface area contributed by atoms with Gasteiger partial charge in [-0.2, -0.15) is 0 Å². The maximum Gasteiger partial charge on any atom is 0.504 e. The Hall–Kier alpha value is -2.68. The van der Waals surface area contributed by atoms with Gasteiger partial charge in [0.25, 0.3) is 19.7 Å². The molecule has 0 amide bonds. The van der Waals surface area contributed by atoms with Crippen LogP contribution in [0.4, 0.5) is 0 Å².